The molecule has 90 valence electrons. The van der Waals surface area contributed by atoms with Crippen LogP contribution in [0.2, 0.25) is 0 Å². The van der Waals surface area contributed by atoms with E-state index in [9.17, 15) is 5.11 Å². The van der Waals surface area contributed by atoms with Crippen LogP contribution in [0.25, 0.3) is 10.9 Å². The van der Waals surface area contributed by atoms with E-state index in [1.807, 2.05) is 13.0 Å². The van der Waals surface area contributed by atoms with Crippen molar-refractivity contribution in [3.05, 3.63) is 36.0 Å². The minimum atomic E-state index is -0.383. The predicted molar refractivity (Wildman–Crippen MR) is 70.1 cm³/mol. The van der Waals surface area contributed by atoms with Crippen LogP contribution in [0.15, 0.2) is 30.5 Å². The average molecular weight is 229 g/mol. The van der Waals surface area contributed by atoms with Gasteiger partial charge in [-0.05, 0) is 42.8 Å². The van der Waals surface area contributed by atoms with E-state index in [0.717, 1.165) is 5.56 Å². The minimum Gasteiger partial charge on any atom is -0.389 e. The molecule has 2 aromatic rings. The molecule has 0 saturated heterocycles. The summed E-state index contributed by atoms with van der Waals surface area (Å²) in [5.41, 5.74) is 2.28. The maximum absolute atomic E-state index is 9.67. The van der Waals surface area contributed by atoms with Gasteiger partial charge < -0.3 is 9.67 Å². The Labute approximate surface area is 102 Å². The summed E-state index contributed by atoms with van der Waals surface area (Å²) in [6.45, 7) is 1.82. The molecule has 1 aliphatic carbocycles. The minimum absolute atomic E-state index is 0.383. The van der Waals surface area contributed by atoms with Gasteiger partial charge >= 0.3 is 0 Å². The average Bonchev–Trinajstić information content (AvgIpc) is 2.96. The van der Waals surface area contributed by atoms with Crippen molar-refractivity contribution in [2.24, 2.45) is 0 Å². The molecule has 0 bridgehead atoms. The summed E-state index contributed by atoms with van der Waals surface area (Å²) in [6, 6.07) is 9.11. The standard InChI is InChI=1S/C15H19NO/c1-11(17)13-7-6-12-8-9-16(15(12)10-13)14-4-2-3-5-14/h6-11,14,17H,2-5H2,1H3. The molecule has 3 rings (SSSR count). The summed E-state index contributed by atoms with van der Waals surface area (Å²) in [7, 11) is 0. The monoisotopic (exact) mass is 229 g/mol. The fourth-order valence-corrected chi connectivity index (χ4v) is 2.93. The Bertz CT molecular complexity index is 521. The van der Waals surface area contributed by atoms with Crippen LogP contribution in [0.4, 0.5) is 0 Å². The van der Waals surface area contributed by atoms with Crippen LogP contribution in [0.1, 0.15) is 50.3 Å². The zero-order valence-electron chi connectivity index (χ0n) is 10.3. The van der Waals surface area contributed by atoms with Crippen LogP contribution >= 0.6 is 0 Å². The Morgan fingerprint density at radius 2 is 2.00 bits per heavy atom. The van der Waals surface area contributed by atoms with Crippen molar-refractivity contribution in [1.29, 1.82) is 0 Å². The summed E-state index contributed by atoms with van der Waals surface area (Å²) < 4.78 is 2.40. The van der Waals surface area contributed by atoms with Gasteiger partial charge in [-0.3, -0.25) is 0 Å². The highest BCUT2D eigenvalue weighted by atomic mass is 16.3. The Kier molecular flexibility index (Phi) is 2.67. The second kappa shape index (κ2) is 4.19. The van der Waals surface area contributed by atoms with Gasteiger partial charge in [0.05, 0.1) is 6.10 Å². The molecule has 1 aliphatic rings. The third-order valence-electron chi connectivity index (χ3n) is 3.95. The fourth-order valence-electron chi connectivity index (χ4n) is 2.93. The van der Waals surface area contributed by atoms with Gasteiger partial charge in [-0.1, -0.05) is 25.0 Å². The number of fused-ring (bicyclic) bond motifs is 1. The molecule has 1 unspecified atom stereocenters. The lowest BCUT2D eigenvalue weighted by Crippen LogP contribution is -2.03. The van der Waals surface area contributed by atoms with Crippen molar-refractivity contribution >= 4 is 10.9 Å². The van der Waals surface area contributed by atoms with E-state index in [2.05, 4.69) is 29.0 Å². The smallest absolute Gasteiger partial charge is 0.0762 e. The van der Waals surface area contributed by atoms with Crippen LogP contribution in [-0.4, -0.2) is 9.67 Å². The third-order valence-corrected chi connectivity index (χ3v) is 3.95. The molecule has 1 N–H and O–H groups in total. The normalized spacial score (nSPS) is 18.9. The number of rotatable bonds is 2. The zero-order valence-corrected chi connectivity index (χ0v) is 10.3. The van der Waals surface area contributed by atoms with Crippen molar-refractivity contribution in [3.8, 4) is 0 Å². The Morgan fingerprint density at radius 3 is 2.71 bits per heavy atom. The molecule has 1 heterocycles. The molecule has 0 aliphatic heterocycles. The highest BCUT2D eigenvalue weighted by molar-refractivity contribution is 5.81. The Morgan fingerprint density at radius 1 is 1.24 bits per heavy atom. The molecule has 1 fully saturated rings. The lowest BCUT2D eigenvalue weighted by atomic mass is 10.1. The number of hydrogen-bond donors (Lipinski definition) is 1. The summed E-state index contributed by atoms with van der Waals surface area (Å²) in [6.07, 6.45) is 7.10. The van der Waals surface area contributed by atoms with Gasteiger partial charge in [0, 0.05) is 17.8 Å². The highest BCUT2D eigenvalue weighted by Gasteiger charge is 2.18. The molecule has 0 radical (unpaired) electrons. The van der Waals surface area contributed by atoms with Crippen LogP contribution < -0.4 is 0 Å². The summed E-state index contributed by atoms with van der Waals surface area (Å²) in [4.78, 5) is 0. The second-order valence-electron chi connectivity index (χ2n) is 5.16. The number of aliphatic hydroxyl groups is 1. The first-order chi connectivity index (χ1) is 8.25. The van der Waals surface area contributed by atoms with Crippen molar-refractivity contribution in [1.82, 2.24) is 4.57 Å². The van der Waals surface area contributed by atoms with E-state index < -0.39 is 0 Å². The lowest BCUT2D eigenvalue weighted by Gasteiger charge is -2.14. The van der Waals surface area contributed by atoms with Gasteiger partial charge in [0.15, 0.2) is 0 Å². The van der Waals surface area contributed by atoms with Gasteiger partial charge in [0.25, 0.3) is 0 Å². The molecule has 0 amide bonds. The van der Waals surface area contributed by atoms with Crippen molar-refractivity contribution in [2.45, 2.75) is 44.8 Å². The molecule has 17 heavy (non-hydrogen) atoms. The Hall–Kier alpha value is -1.28. The molecule has 1 aromatic carbocycles. The maximum atomic E-state index is 9.67. The first-order valence-electron chi connectivity index (χ1n) is 6.54. The third kappa shape index (κ3) is 1.87. The van der Waals surface area contributed by atoms with Crippen molar-refractivity contribution in [2.75, 3.05) is 0 Å². The molecule has 1 saturated carbocycles. The van der Waals surface area contributed by atoms with E-state index in [1.165, 1.54) is 36.6 Å². The molecule has 2 heteroatoms. The van der Waals surface area contributed by atoms with Gasteiger partial charge in [-0.25, -0.2) is 0 Å². The molecule has 1 atom stereocenters. The first kappa shape index (κ1) is 10.8. The van der Waals surface area contributed by atoms with Gasteiger partial charge in [-0.15, -0.1) is 0 Å². The summed E-state index contributed by atoms with van der Waals surface area (Å²) in [5.74, 6) is 0. The molecular weight excluding hydrogens is 210 g/mol. The fraction of sp³-hybridized carbons (Fsp3) is 0.467. The zero-order chi connectivity index (χ0) is 11.8. The number of aliphatic hydroxyl groups excluding tert-OH is 1. The first-order valence-corrected chi connectivity index (χ1v) is 6.54. The topological polar surface area (TPSA) is 25.2 Å². The SMILES string of the molecule is CC(O)c1ccc2ccn(C3CCCC3)c2c1. The van der Waals surface area contributed by atoms with E-state index in [-0.39, 0.29) is 6.10 Å². The molecule has 0 spiro atoms. The summed E-state index contributed by atoms with van der Waals surface area (Å²) in [5, 5.41) is 10.9. The molecular formula is C15H19NO. The highest BCUT2D eigenvalue weighted by Crippen LogP contribution is 2.33. The van der Waals surface area contributed by atoms with Gasteiger partial charge in [-0.2, -0.15) is 0 Å². The van der Waals surface area contributed by atoms with E-state index >= 15 is 0 Å². The number of hydrogen-bond acceptors (Lipinski definition) is 1. The van der Waals surface area contributed by atoms with Crippen molar-refractivity contribution in [3.63, 3.8) is 0 Å². The van der Waals surface area contributed by atoms with Gasteiger partial charge in [0.2, 0.25) is 0 Å². The molecule has 2 nitrogen and oxygen atoms in total. The van der Waals surface area contributed by atoms with Gasteiger partial charge in [0.1, 0.15) is 0 Å². The van der Waals surface area contributed by atoms with Crippen LogP contribution in [0.3, 0.4) is 0 Å². The van der Waals surface area contributed by atoms with Crippen LogP contribution in [0.5, 0.6) is 0 Å². The lowest BCUT2D eigenvalue weighted by molar-refractivity contribution is 0.199. The van der Waals surface area contributed by atoms with E-state index in [0.29, 0.717) is 6.04 Å². The second-order valence-corrected chi connectivity index (χ2v) is 5.16. The summed E-state index contributed by atoms with van der Waals surface area (Å²) >= 11 is 0. The van der Waals surface area contributed by atoms with E-state index in [4.69, 9.17) is 0 Å². The number of aromatic nitrogens is 1. The predicted octanol–water partition coefficient (Wildman–Crippen LogP) is 3.81. The largest absolute Gasteiger partial charge is 0.389 e. The molecule has 1 aromatic heterocycles. The van der Waals surface area contributed by atoms with Crippen LogP contribution in [0, 0.1) is 0 Å². The van der Waals surface area contributed by atoms with Crippen molar-refractivity contribution < 1.29 is 5.11 Å². The van der Waals surface area contributed by atoms with E-state index in [1.54, 1.807) is 0 Å². The quantitative estimate of drug-likeness (QED) is 0.832. The number of benzene rings is 1. The number of nitrogens with zero attached hydrogens (tertiary/aromatic N) is 1. The Balaban J connectivity index is 2.08. The maximum Gasteiger partial charge on any atom is 0.0762 e. The van der Waals surface area contributed by atoms with Crippen LogP contribution in [-0.2, 0) is 0 Å².